The number of benzene rings is 2. The van der Waals surface area contributed by atoms with Gasteiger partial charge in [0, 0.05) is 21.8 Å². The number of nitrogens with zero attached hydrogens (tertiary/aromatic N) is 2. The van der Waals surface area contributed by atoms with Crippen molar-refractivity contribution in [3.63, 3.8) is 0 Å². The topological polar surface area (TPSA) is 131 Å². The molecule has 32 heavy (non-hydrogen) atoms. The summed E-state index contributed by atoms with van der Waals surface area (Å²) in [7, 11) is 0. The second-order valence-corrected chi connectivity index (χ2v) is 7.09. The first-order chi connectivity index (χ1) is 15.4. The maximum atomic E-state index is 12.6. The molecule has 2 aromatic carbocycles. The largest absolute Gasteiger partial charge is 0.463 e. The first-order valence-corrected chi connectivity index (χ1v) is 9.96. The van der Waals surface area contributed by atoms with Crippen molar-refractivity contribution in [2.75, 3.05) is 19.9 Å². The highest BCUT2D eigenvalue weighted by Gasteiger charge is 2.39. The van der Waals surface area contributed by atoms with Gasteiger partial charge in [-0.1, -0.05) is 36.4 Å². The lowest BCUT2D eigenvalue weighted by atomic mass is 9.87. The zero-order chi connectivity index (χ0) is 23.1. The second kappa shape index (κ2) is 10.4. The van der Waals surface area contributed by atoms with E-state index < -0.39 is 34.3 Å². The summed E-state index contributed by atoms with van der Waals surface area (Å²) < 4.78 is 15.7. The molecule has 0 aliphatic carbocycles. The number of carbonyl (C=O) groups excluding carboxylic acids is 1. The highest BCUT2D eigenvalue weighted by Crippen LogP contribution is 2.37. The van der Waals surface area contributed by atoms with Crippen molar-refractivity contribution in [3.05, 3.63) is 85.5 Å². The molecule has 2 atom stereocenters. The lowest BCUT2D eigenvalue weighted by Crippen LogP contribution is -2.33. The Kier molecular flexibility index (Phi) is 7.37. The number of ether oxygens (including phenoxy) is 3. The minimum absolute atomic E-state index is 0.00414. The summed E-state index contributed by atoms with van der Waals surface area (Å²) in [5.74, 6) is -0.984. The van der Waals surface area contributed by atoms with Gasteiger partial charge in [0.25, 0.3) is 0 Å². The minimum Gasteiger partial charge on any atom is -0.463 e. The normalized spacial score (nSPS) is 14.5. The zero-order valence-corrected chi connectivity index (χ0v) is 17.3. The van der Waals surface area contributed by atoms with Gasteiger partial charge in [0.1, 0.15) is 5.92 Å². The van der Waals surface area contributed by atoms with Crippen molar-refractivity contribution >= 4 is 12.0 Å². The van der Waals surface area contributed by atoms with E-state index in [2.05, 4.69) is 0 Å². The summed E-state index contributed by atoms with van der Waals surface area (Å²) in [6.07, 6.45) is 1.17. The SMILES string of the molecule is CCOC(=O)/C(=C/c1ccccc1)C[C@@H]([C@@H](C[N+](=O)[O-])c1ccc2c(c1)OCO2)[N+](=O)[O-]. The van der Waals surface area contributed by atoms with Crippen LogP contribution in [0.15, 0.2) is 54.1 Å². The Morgan fingerprint density at radius 3 is 2.50 bits per heavy atom. The van der Waals surface area contributed by atoms with Crippen LogP contribution >= 0.6 is 0 Å². The average Bonchev–Trinajstić information content (AvgIpc) is 3.23. The van der Waals surface area contributed by atoms with Gasteiger partial charge in [0.05, 0.1) is 6.61 Å². The number of esters is 1. The first-order valence-electron chi connectivity index (χ1n) is 9.96. The predicted octanol–water partition coefficient (Wildman–Crippen LogP) is 3.46. The maximum absolute atomic E-state index is 12.6. The highest BCUT2D eigenvalue weighted by molar-refractivity contribution is 5.93. The van der Waals surface area contributed by atoms with Gasteiger partial charge in [-0.3, -0.25) is 20.2 Å². The van der Waals surface area contributed by atoms with Crippen LogP contribution in [0.5, 0.6) is 11.5 Å². The van der Waals surface area contributed by atoms with Gasteiger partial charge in [-0.2, -0.15) is 0 Å². The van der Waals surface area contributed by atoms with Crippen LogP contribution in [-0.4, -0.2) is 41.8 Å². The minimum atomic E-state index is -1.44. The molecule has 0 unspecified atom stereocenters. The van der Waals surface area contributed by atoms with Crippen LogP contribution in [-0.2, 0) is 9.53 Å². The Hall–Kier alpha value is -3.95. The molecular formula is C22H22N2O8. The first kappa shape index (κ1) is 22.7. The molecule has 2 aromatic rings. The molecule has 1 heterocycles. The van der Waals surface area contributed by atoms with Gasteiger partial charge in [-0.25, -0.2) is 4.79 Å². The molecule has 0 spiro atoms. The maximum Gasteiger partial charge on any atom is 0.334 e. The Balaban J connectivity index is 1.99. The van der Waals surface area contributed by atoms with Crippen LogP contribution in [0.1, 0.15) is 30.4 Å². The van der Waals surface area contributed by atoms with Crippen molar-refractivity contribution in [2.24, 2.45) is 0 Å². The third-order valence-corrected chi connectivity index (χ3v) is 5.01. The fourth-order valence-electron chi connectivity index (χ4n) is 3.52. The molecule has 0 saturated carbocycles. The molecule has 0 radical (unpaired) electrons. The molecule has 0 aromatic heterocycles. The molecule has 0 bridgehead atoms. The molecule has 0 amide bonds. The molecule has 1 aliphatic heterocycles. The van der Waals surface area contributed by atoms with Crippen LogP contribution in [0.2, 0.25) is 0 Å². The summed E-state index contributed by atoms with van der Waals surface area (Å²) in [6, 6.07) is 12.0. The van der Waals surface area contributed by atoms with Crippen molar-refractivity contribution < 1.29 is 28.9 Å². The van der Waals surface area contributed by atoms with Crippen LogP contribution in [0.4, 0.5) is 0 Å². The molecule has 0 fully saturated rings. The molecule has 3 rings (SSSR count). The molecule has 0 N–H and O–H groups in total. The number of carbonyl (C=O) groups is 1. The standard InChI is InChI=1S/C22H22N2O8/c1-2-30-22(25)17(10-15-6-4-3-5-7-15)11-19(24(28)29)18(13-23(26)27)16-8-9-20-21(12-16)32-14-31-20/h3-10,12,18-19H,2,11,13-14H2,1H3/b17-10+/t18-,19-/m0/s1. The third kappa shape index (κ3) is 5.60. The summed E-state index contributed by atoms with van der Waals surface area (Å²) in [4.78, 5) is 34.8. The van der Waals surface area contributed by atoms with Crippen LogP contribution in [0, 0.1) is 20.2 Å². The van der Waals surface area contributed by atoms with E-state index in [-0.39, 0.29) is 25.4 Å². The fraction of sp³-hybridized carbons (Fsp3) is 0.318. The van der Waals surface area contributed by atoms with E-state index in [1.165, 1.54) is 12.1 Å². The molecule has 10 heteroatoms. The quantitative estimate of drug-likeness (QED) is 0.237. The summed E-state index contributed by atoms with van der Waals surface area (Å²) in [5.41, 5.74) is 1.08. The summed E-state index contributed by atoms with van der Waals surface area (Å²) >= 11 is 0. The van der Waals surface area contributed by atoms with Gasteiger partial charge in [-0.05, 0) is 36.3 Å². The lowest BCUT2D eigenvalue weighted by Gasteiger charge is -2.19. The Bertz CT molecular complexity index is 1020. The van der Waals surface area contributed by atoms with E-state index in [0.717, 1.165) is 0 Å². The van der Waals surface area contributed by atoms with E-state index in [9.17, 15) is 25.0 Å². The smallest absolute Gasteiger partial charge is 0.334 e. The van der Waals surface area contributed by atoms with Gasteiger partial charge < -0.3 is 14.2 Å². The van der Waals surface area contributed by atoms with E-state index in [1.54, 1.807) is 49.4 Å². The Labute approximate surface area is 183 Å². The number of rotatable bonds is 10. The number of nitro groups is 2. The Morgan fingerprint density at radius 2 is 1.84 bits per heavy atom. The van der Waals surface area contributed by atoms with E-state index in [0.29, 0.717) is 22.6 Å². The summed E-state index contributed by atoms with van der Waals surface area (Å²) in [6.45, 7) is 1.04. The van der Waals surface area contributed by atoms with Crippen LogP contribution in [0.25, 0.3) is 6.08 Å². The number of hydrogen-bond acceptors (Lipinski definition) is 8. The molecule has 10 nitrogen and oxygen atoms in total. The average molecular weight is 442 g/mol. The predicted molar refractivity (Wildman–Crippen MR) is 114 cm³/mol. The van der Waals surface area contributed by atoms with Crippen molar-refractivity contribution in [1.82, 2.24) is 0 Å². The fourth-order valence-corrected chi connectivity index (χ4v) is 3.52. The lowest BCUT2D eigenvalue weighted by molar-refractivity contribution is -0.546. The number of fused-ring (bicyclic) bond motifs is 1. The summed E-state index contributed by atoms with van der Waals surface area (Å²) in [5, 5.41) is 23.4. The number of hydrogen-bond donors (Lipinski definition) is 0. The van der Waals surface area contributed by atoms with E-state index >= 15 is 0 Å². The zero-order valence-electron chi connectivity index (χ0n) is 17.3. The van der Waals surface area contributed by atoms with E-state index in [1.807, 2.05) is 0 Å². The van der Waals surface area contributed by atoms with E-state index in [4.69, 9.17) is 14.2 Å². The molecular weight excluding hydrogens is 420 g/mol. The monoisotopic (exact) mass is 442 g/mol. The van der Waals surface area contributed by atoms with Crippen LogP contribution in [0.3, 0.4) is 0 Å². The second-order valence-electron chi connectivity index (χ2n) is 7.09. The van der Waals surface area contributed by atoms with Gasteiger partial charge in [0.2, 0.25) is 19.4 Å². The molecule has 1 aliphatic rings. The Morgan fingerprint density at radius 1 is 1.12 bits per heavy atom. The van der Waals surface area contributed by atoms with Crippen molar-refractivity contribution in [2.45, 2.75) is 25.3 Å². The molecule has 0 saturated heterocycles. The third-order valence-electron chi connectivity index (χ3n) is 5.01. The van der Waals surface area contributed by atoms with Crippen molar-refractivity contribution in [3.8, 4) is 11.5 Å². The van der Waals surface area contributed by atoms with Crippen LogP contribution < -0.4 is 9.47 Å². The van der Waals surface area contributed by atoms with Gasteiger partial charge in [-0.15, -0.1) is 0 Å². The molecule has 168 valence electrons. The van der Waals surface area contributed by atoms with Gasteiger partial charge in [0.15, 0.2) is 11.5 Å². The van der Waals surface area contributed by atoms with Gasteiger partial charge >= 0.3 is 5.97 Å². The van der Waals surface area contributed by atoms with Crippen molar-refractivity contribution in [1.29, 1.82) is 0 Å². The highest BCUT2D eigenvalue weighted by atomic mass is 16.7.